The number of nitrogens with zero attached hydrogens (tertiary/aromatic N) is 3. The number of amides is 1. The number of rotatable bonds is 2. The Labute approximate surface area is 177 Å². The zero-order valence-corrected chi connectivity index (χ0v) is 17.2. The molecule has 0 aliphatic carbocycles. The molecule has 0 radical (unpaired) electrons. The minimum absolute atomic E-state index is 0.00669. The van der Waals surface area contributed by atoms with Gasteiger partial charge in [-0.05, 0) is 30.7 Å². The number of ether oxygens (including phenoxy) is 1. The van der Waals surface area contributed by atoms with Crippen molar-refractivity contribution in [1.29, 1.82) is 0 Å². The van der Waals surface area contributed by atoms with Gasteiger partial charge in [0, 0.05) is 18.4 Å². The third-order valence-electron chi connectivity index (χ3n) is 5.09. The molecule has 0 unspecified atom stereocenters. The standard InChI is InChI=1S/C21H22ClFN4O3/c1-2-27-21-13(9-24-27)5-14-7-20(29)26-19(12-3-4-16(22)17(23)6-12)11-30-10-15(28)8-18(21)25-14/h3-6,9,15,19,28H,2,7-8,10-11H2,1H3,(H,26,29)/t15-,19+/m0/s1. The lowest BCUT2D eigenvalue weighted by molar-refractivity contribution is -0.121. The van der Waals surface area contributed by atoms with Crippen molar-refractivity contribution < 1.29 is 19.0 Å². The molecule has 0 saturated carbocycles. The fourth-order valence-electron chi connectivity index (χ4n) is 3.70. The van der Waals surface area contributed by atoms with E-state index in [9.17, 15) is 14.3 Å². The van der Waals surface area contributed by atoms with Crippen molar-refractivity contribution in [1.82, 2.24) is 20.1 Å². The number of nitrogens with one attached hydrogen (secondary N) is 1. The second-order valence-corrected chi connectivity index (χ2v) is 7.73. The number of hydrogen-bond acceptors (Lipinski definition) is 5. The van der Waals surface area contributed by atoms with Crippen molar-refractivity contribution >= 4 is 28.4 Å². The molecular formula is C21H22ClFN4O3. The summed E-state index contributed by atoms with van der Waals surface area (Å²) in [5, 5.41) is 18.6. The van der Waals surface area contributed by atoms with Crippen molar-refractivity contribution in [2.45, 2.75) is 38.5 Å². The summed E-state index contributed by atoms with van der Waals surface area (Å²) in [6, 6.07) is 5.62. The first-order valence-electron chi connectivity index (χ1n) is 9.79. The van der Waals surface area contributed by atoms with Crippen LogP contribution in [0, 0.1) is 5.82 Å². The molecular weight excluding hydrogens is 411 g/mol. The van der Waals surface area contributed by atoms with Crippen LogP contribution in [0.4, 0.5) is 4.39 Å². The zero-order valence-electron chi connectivity index (χ0n) is 16.4. The highest BCUT2D eigenvalue weighted by Crippen LogP contribution is 2.23. The summed E-state index contributed by atoms with van der Waals surface area (Å²) in [6.07, 6.45) is 1.27. The van der Waals surface area contributed by atoms with Crippen LogP contribution in [-0.2, 0) is 28.9 Å². The lowest BCUT2D eigenvalue weighted by Gasteiger charge is -2.22. The predicted molar refractivity (Wildman–Crippen MR) is 110 cm³/mol. The molecule has 158 valence electrons. The Kier molecular flexibility index (Phi) is 5.99. The molecule has 3 heterocycles. The summed E-state index contributed by atoms with van der Waals surface area (Å²) in [5.74, 6) is -0.833. The van der Waals surface area contributed by atoms with Crippen molar-refractivity contribution in [2.75, 3.05) is 13.2 Å². The van der Waals surface area contributed by atoms with Gasteiger partial charge >= 0.3 is 0 Å². The quantitative estimate of drug-likeness (QED) is 0.649. The van der Waals surface area contributed by atoms with E-state index in [1.807, 2.05) is 17.7 Å². The molecule has 2 atom stereocenters. The smallest absolute Gasteiger partial charge is 0.226 e. The van der Waals surface area contributed by atoms with Crippen molar-refractivity contribution in [3.05, 3.63) is 58.3 Å². The molecule has 2 aromatic heterocycles. The normalized spacial score (nSPS) is 20.5. The average molecular weight is 433 g/mol. The highest BCUT2D eigenvalue weighted by Gasteiger charge is 2.21. The summed E-state index contributed by atoms with van der Waals surface area (Å²) < 4.78 is 21.4. The largest absolute Gasteiger partial charge is 0.390 e. The van der Waals surface area contributed by atoms with Crippen LogP contribution in [0.1, 0.15) is 29.9 Å². The first-order valence-corrected chi connectivity index (χ1v) is 10.2. The molecule has 1 amide bonds. The Morgan fingerprint density at radius 3 is 2.97 bits per heavy atom. The lowest BCUT2D eigenvalue weighted by atomic mass is 10.1. The van der Waals surface area contributed by atoms with Crippen LogP contribution in [0.5, 0.6) is 0 Å². The lowest BCUT2D eigenvalue weighted by Crippen LogP contribution is -2.34. The maximum Gasteiger partial charge on any atom is 0.226 e. The number of aryl methyl sites for hydroxylation is 1. The van der Waals surface area contributed by atoms with E-state index in [0.717, 1.165) is 10.9 Å². The Morgan fingerprint density at radius 2 is 2.20 bits per heavy atom. The molecule has 30 heavy (non-hydrogen) atoms. The highest BCUT2D eigenvalue weighted by atomic mass is 35.5. The number of pyridine rings is 1. The zero-order chi connectivity index (χ0) is 21.3. The van der Waals surface area contributed by atoms with Gasteiger partial charge in [-0.1, -0.05) is 17.7 Å². The topological polar surface area (TPSA) is 89.3 Å². The van der Waals surface area contributed by atoms with Crippen LogP contribution in [-0.4, -0.2) is 45.1 Å². The number of halogens is 2. The summed E-state index contributed by atoms with van der Waals surface area (Å²) in [7, 11) is 0. The van der Waals surface area contributed by atoms with Crippen molar-refractivity contribution in [3.63, 3.8) is 0 Å². The van der Waals surface area contributed by atoms with E-state index in [-0.39, 0.29) is 37.0 Å². The van der Waals surface area contributed by atoms with Crippen molar-refractivity contribution in [2.24, 2.45) is 0 Å². The Hall–Kier alpha value is -2.55. The maximum absolute atomic E-state index is 13.9. The van der Waals surface area contributed by atoms with Crippen LogP contribution < -0.4 is 5.32 Å². The van der Waals surface area contributed by atoms with E-state index < -0.39 is 18.0 Å². The van der Waals surface area contributed by atoms with Crippen molar-refractivity contribution in [3.8, 4) is 0 Å². The average Bonchev–Trinajstić information content (AvgIpc) is 3.12. The number of hydrogen-bond donors (Lipinski definition) is 2. The Bertz CT molecular complexity index is 1090. The molecule has 1 aliphatic rings. The molecule has 0 saturated heterocycles. The first-order chi connectivity index (χ1) is 14.4. The highest BCUT2D eigenvalue weighted by molar-refractivity contribution is 6.30. The van der Waals surface area contributed by atoms with Gasteiger partial charge in [0.25, 0.3) is 0 Å². The minimum atomic E-state index is -0.783. The molecule has 0 fully saturated rings. The van der Waals surface area contributed by atoms with Gasteiger partial charge in [0.1, 0.15) is 5.82 Å². The van der Waals surface area contributed by atoms with E-state index in [1.165, 1.54) is 12.1 Å². The number of aliphatic hydroxyl groups excluding tert-OH is 1. The first kappa shape index (κ1) is 20.7. The van der Waals surface area contributed by atoms with Crippen LogP contribution in [0.3, 0.4) is 0 Å². The number of fused-ring (bicyclic) bond motifs is 4. The van der Waals surface area contributed by atoms with E-state index >= 15 is 0 Å². The second-order valence-electron chi connectivity index (χ2n) is 7.32. The van der Waals surface area contributed by atoms with Crippen LogP contribution in [0.15, 0.2) is 30.5 Å². The van der Waals surface area contributed by atoms with E-state index in [1.54, 1.807) is 12.3 Å². The van der Waals surface area contributed by atoms with Gasteiger partial charge in [-0.25, -0.2) is 4.39 Å². The van der Waals surface area contributed by atoms with Gasteiger partial charge in [0.2, 0.25) is 5.91 Å². The minimum Gasteiger partial charge on any atom is -0.390 e. The third-order valence-corrected chi connectivity index (χ3v) is 5.39. The molecule has 9 heteroatoms. The molecule has 0 spiro atoms. The van der Waals surface area contributed by atoms with Crippen LogP contribution in [0.25, 0.3) is 10.9 Å². The molecule has 7 nitrogen and oxygen atoms in total. The Balaban J connectivity index is 1.67. The number of aliphatic hydroxyl groups is 1. The SMILES string of the molecule is CCn1ncc2cc3nc(c21)C[C@H](O)COC[C@H](c1ccc(Cl)c(F)c1)NC(=O)C3. The molecule has 1 aromatic carbocycles. The van der Waals surface area contributed by atoms with E-state index in [2.05, 4.69) is 15.4 Å². The summed E-state index contributed by atoms with van der Waals surface area (Å²) in [6.45, 7) is 2.79. The van der Waals surface area contributed by atoms with Gasteiger partial charge in [0.05, 0.1) is 59.9 Å². The summed E-state index contributed by atoms with van der Waals surface area (Å²) >= 11 is 5.77. The number of benzene rings is 1. The summed E-state index contributed by atoms with van der Waals surface area (Å²) in [5.41, 5.74) is 2.65. The van der Waals surface area contributed by atoms with Crippen LogP contribution >= 0.6 is 11.6 Å². The van der Waals surface area contributed by atoms with Gasteiger partial charge in [-0.3, -0.25) is 14.5 Å². The molecule has 2 bridgehead atoms. The third kappa shape index (κ3) is 4.30. The fraction of sp³-hybridized carbons (Fsp3) is 0.381. The number of carbonyl (C=O) groups excluding carboxylic acids is 1. The Morgan fingerprint density at radius 1 is 1.37 bits per heavy atom. The van der Waals surface area contributed by atoms with E-state index in [0.29, 0.717) is 23.5 Å². The second kappa shape index (κ2) is 8.67. The molecule has 4 rings (SSSR count). The number of aromatic nitrogens is 3. The molecule has 3 aromatic rings. The fourth-order valence-corrected chi connectivity index (χ4v) is 3.81. The van der Waals surface area contributed by atoms with Gasteiger partial charge in [-0.15, -0.1) is 0 Å². The predicted octanol–water partition coefficient (Wildman–Crippen LogP) is 2.58. The van der Waals surface area contributed by atoms with Gasteiger partial charge in [0.15, 0.2) is 0 Å². The maximum atomic E-state index is 13.9. The molecule has 1 aliphatic heterocycles. The molecule has 2 N–H and O–H groups in total. The van der Waals surface area contributed by atoms with Gasteiger partial charge < -0.3 is 15.2 Å². The number of carbonyl (C=O) groups is 1. The monoisotopic (exact) mass is 432 g/mol. The van der Waals surface area contributed by atoms with Crippen LogP contribution in [0.2, 0.25) is 5.02 Å². The summed E-state index contributed by atoms with van der Waals surface area (Å²) in [4.78, 5) is 17.3. The van der Waals surface area contributed by atoms with E-state index in [4.69, 9.17) is 16.3 Å². The van der Waals surface area contributed by atoms with Gasteiger partial charge in [-0.2, -0.15) is 5.10 Å².